The predicted octanol–water partition coefficient (Wildman–Crippen LogP) is 0.936. The largest absolute Gasteiger partial charge is 0.387 e. The topological polar surface area (TPSA) is 55.5 Å². The van der Waals surface area contributed by atoms with Gasteiger partial charge in [-0.3, -0.25) is 4.79 Å². The summed E-state index contributed by atoms with van der Waals surface area (Å²) >= 11 is 0. The Hall–Kier alpha value is -0.860. The van der Waals surface area contributed by atoms with Crippen LogP contribution in [0, 0.1) is 5.92 Å². The van der Waals surface area contributed by atoms with Crippen LogP contribution in [0.5, 0.6) is 0 Å². The minimum atomic E-state index is -0.147. The minimum Gasteiger partial charge on any atom is -0.387 e. The van der Waals surface area contributed by atoms with Crippen LogP contribution in [0.4, 0.5) is 0 Å². The van der Waals surface area contributed by atoms with E-state index in [1.807, 2.05) is 13.8 Å². The van der Waals surface area contributed by atoms with Crippen LogP contribution >= 0.6 is 0 Å². The van der Waals surface area contributed by atoms with E-state index in [0.717, 1.165) is 0 Å². The molecule has 0 bridgehead atoms. The summed E-state index contributed by atoms with van der Waals surface area (Å²) in [6.45, 7) is 5.57. The number of aliphatic imine (C=N–C) groups is 1. The van der Waals surface area contributed by atoms with Crippen molar-refractivity contribution in [2.45, 2.75) is 27.2 Å². The number of rotatable bonds is 2. The molecule has 0 spiro atoms. The summed E-state index contributed by atoms with van der Waals surface area (Å²) in [5, 5.41) is 0. The maximum Gasteiger partial charge on any atom is 0.247 e. The lowest BCUT2D eigenvalue weighted by atomic mass is 10.2. The number of amidine groups is 1. The van der Waals surface area contributed by atoms with E-state index >= 15 is 0 Å². The van der Waals surface area contributed by atoms with Gasteiger partial charge in [0.1, 0.15) is 5.84 Å². The van der Waals surface area contributed by atoms with Crippen molar-refractivity contribution < 1.29 is 4.79 Å². The fraction of sp³-hybridized carbons (Fsp3) is 0.714. The Labute approximate surface area is 61.3 Å². The van der Waals surface area contributed by atoms with Crippen molar-refractivity contribution in [3.05, 3.63) is 0 Å². The SMILES string of the molecule is CCC(=O)N=C(N)C(C)C. The Morgan fingerprint density at radius 3 is 2.40 bits per heavy atom. The maximum absolute atomic E-state index is 10.7. The van der Waals surface area contributed by atoms with Crippen LogP contribution in [0.1, 0.15) is 27.2 Å². The third-order valence-electron chi connectivity index (χ3n) is 1.15. The van der Waals surface area contributed by atoms with E-state index in [-0.39, 0.29) is 11.8 Å². The van der Waals surface area contributed by atoms with Crippen LogP contribution in [0.3, 0.4) is 0 Å². The van der Waals surface area contributed by atoms with Gasteiger partial charge in [-0.1, -0.05) is 20.8 Å². The molecule has 0 heterocycles. The molecule has 0 aromatic carbocycles. The first-order valence-electron chi connectivity index (χ1n) is 3.44. The van der Waals surface area contributed by atoms with Crippen molar-refractivity contribution in [2.24, 2.45) is 16.6 Å². The van der Waals surface area contributed by atoms with Gasteiger partial charge >= 0.3 is 0 Å². The molecule has 0 saturated carbocycles. The smallest absolute Gasteiger partial charge is 0.247 e. The molecule has 2 N–H and O–H groups in total. The fourth-order valence-electron chi connectivity index (χ4n) is 0.352. The van der Waals surface area contributed by atoms with Gasteiger partial charge in [0, 0.05) is 12.3 Å². The summed E-state index contributed by atoms with van der Waals surface area (Å²) in [4.78, 5) is 14.3. The van der Waals surface area contributed by atoms with Crippen LogP contribution < -0.4 is 5.73 Å². The molecule has 10 heavy (non-hydrogen) atoms. The second-order valence-corrected chi connectivity index (χ2v) is 2.44. The van der Waals surface area contributed by atoms with Crippen molar-refractivity contribution in [1.29, 1.82) is 0 Å². The molecule has 3 nitrogen and oxygen atoms in total. The van der Waals surface area contributed by atoms with Gasteiger partial charge in [0.25, 0.3) is 0 Å². The molecule has 0 aliphatic carbocycles. The number of carbonyl (C=O) groups is 1. The highest BCUT2D eigenvalue weighted by Gasteiger charge is 2.00. The normalized spacial score (nSPS) is 12.2. The van der Waals surface area contributed by atoms with Gasteiger partial charge in [0.05, 0.1) is 0 Å². The first kappa shape index (κ1) is 9.14. The fourth-order valence-corrected chi connectivity index (χ4v) is 0.352. The molecule has 0 unspecified atom stereocenters. The van der Waals surface area contributed by atoms with E-state index < -0.39 is 0 Å². The Kier molecular flexibility index (Phi) is 3.69. The Balaban J connectivity index is 4.03. The Morgan fingerprint density at radius 2 is 2.10 bits per heavy atom. The molecular weight excluding hydrogens is 128 g/mol. The van der Waals surface area contributed by atoms with Gasteiger partial charge in [-0.15, -0.1) is 0 Å². The molecule has 0 radical (unpaired) electrons. The highest BCUT2D eigenvalue weighted by atomic mass is 16.1. The van der Waals surface area contributed by atoms with Crippen molar-refractivity contribution in [3.8, 4) is 0 Å². The predicted molar refractivity (Wildman–Crippen MR) is 41.8 cm³/mol. The number of hydrogen-bond acceptors (Lipinski definition) is 1. The molecule has 0 rings (SSSR count). The first-order valence-corrected chi connectivity index (χ1v) is 3.44. The summed E-state index contributed by atoms with van der Waals surface area (Å²) in [6.07, 6.45) is 0.424. The molecular formula is C7H14N2O. The molecule has 0 aromatic heterocycles. The van der Waals surface area contributed by atoms with Gasteiger partial charge in [-0.25, -0.2) is 4.99 Å². The third-order valence-corrected chi connectivity index (χ3v) is 1.15. The van der Waals surface area contributed by atoms with Gasteiger partial charge in [0.15, 0.2) is 0 Å². The molecule has 58 valence electrons. The number of carbonyl (C=O) groups excluding carboxylic acids is 1. The lowest BCUT2D eigenvalue weighted by Crippen LogP contribution is -2.20. The summed E-state index contributed by atoms with van der Waals surface area (Å²) in [6, 6.07) is 0. The highest BCUT2D eigenvalue weighted by Crippen LogP contribution is 1.92. The molecule has 0 aliphatic rings. The van der Waals surface area contributed by atoms with Crippen LogP contribution in [0.2, 0.25) is 0 Å². The summed E-state index contributed by atoms with van der Waals surface area (Å²) in [5.74, 6) is 0.438. The lowest BCUT2D eigenvalue weighted by Gasteiger charge is -2.00. The summed E-state index contributed by atoms with van der Waals surface area (Å²) < 4.78 is 0. The average Bonchev–Trinajstić information content (AvgIpc) is 1.87. The average molecular weight is 142 g/mol. The third kappa shape index (κ3) is 3.22. The molecule has 0 saturated heterocycles. The van der Waals surface area contributed by atoms with Crippen molar-refractivity contribution >= 4 is 11.7 Å². The first-order chi connectivity index (χ1) is 4.57. The van der Waals surface area contributed by atoms with Gasteiger partial charge in [-0.05, 0) is 0 Å². The monoisotopic (exact) mass is 142 g/mol. The molecule has 0 aromatic rings. The van der Waals surface area contributed by atoms with Crippen molar-refractivity contribution in [2.75, 3.05) is 0 Å². The molecule has 0 fully saturated rings. The second kappa shape index (κ2) is 4.04. The van der Waals surface area contributed by atoms with E-state index in [4.69, 9.17) is 5.73 Å². The highest BCUT2D eigenvalue weighted by molar-refractivity contribution is 5.94. The Morgan fingerprint density at radius 1 is 1.60 bits per heavy atom. The second-order valence-electron chi connectivity index (χ2n) is 2.44. The minimum absolute atomic E-state index is 0.147. The van der Waals surface area contributed by atoms with Crippen LogP contribution in [0.15, 0.2) is 4.99 Å². The van der Waals surface area contributed by atoms with E-state index in [9.17, 15) is 4.79 Å². The maximum atomic E-state index is 10.7. The zero-order chi connectivity index (χ0) is 8.15. The number of nitrogens with zero attached hydrogens (tertiary/aromatic N) is 1. The van der Waals surface area contributed by atoms with E-state index in [1.54, 1.807) is 6.92 Å². The standard InChI is InChI=1S/C7H14N2O/c1-4-6(10)9-7(8)5(2)3/h5H,4H2,1-3H3,(H2,8,9,10). The van der Waals surface area contributed by atoms with Gasteiger partial charge in [0.2, 0.25) is 5.91 Å². The number of hydrogen-bond donors (Lipinski definition) is 1. The van der Waals surface area contributed by atoms with Crippen LogP contribution in [-0.4, -0.2) is 11.7 Å². The summed E-state index contributed by atoms with van der Waals surface area (Å²) in [5.41, 5.74) is 5.42. The molecule has 3 heteroatoms. The van der Waals surface area contributed by atoms with Gasteiger partial charge in [-0.2, -0.15) is 0 Å². The number of amides is 1. The van der Waals surface area contributed by atoms with E-state index in [1.165, 1.54) is 0 Å². The van der Waals surface area contributed by atoms with E-state index in [0.29, 0.717) is 12.3 Å². The Bertz CT molecular complexity index is 150. The lowest BCUT2D eigenvalue weighted by molar-refractivity contribution is -0.117. The molecule has 0 aliphatic heterocycles. The van der Waals surface area contributed by atoms with Crippen LogP contribution in [0.25, 0.3) is 0 Å². The van der Waals surface area contributed by atoms with E-state index in [2.05, 4.69) is 4.99 Å². The molecule has 1 amide bonds. The van der Waals surface area contributed by atoms with Gasteiger partial charge < -0.3 is 5.73 Å². The zero-order valence-corrected chi connectivity index (χ0v) is 6.72. The number of nitrogens with two attached hydrogens (primary N) is 1. The summed E-state index contributed by atoms with van der Waals surface area (Å²) in [7, 11) is 0. The quantitative estimate of drug-likeness (QED) is 0.460. The van der Waals surface area contributed by atoms with Crippen molar-refractivity contribution in [1.82, 2.24) is 0 Å². The van der Waals surface area contributed by atoms with Crippen LogP contribution in [-0.2, 0) is 4.79 Å². The van der Waals surface area contributed by atoms with Crippen molar-refractivity contribution in [3.63, 3.8) is 0 Å². The zero-order valence-electron chi connectivity index (χ0n) is 6.72. The molecule has 0 atom stereocenters.